The Balaban J connectivity index is 1.97. The van der Waals surface area contributed by atoms with Gasteiger partial charge in [0.05, 0.1) is 11.5 Å². The lowest BCUT2D eigenvalue weighted by atomic mass is 10.1. The van der Waals surface area contributed by atoms with Crippen molar-refractivity contribution in [2.45, 2.75) is 50.5 Å². The quantitative estimate of drug-likeness (QED) is 0.267. The molecule has 2 aromatic carbocycles. The van der Waals surface area contributed by atoms with Crippen LogP contribution in [0, 0.1) is 0 Å². The highest BCUT2D eigenvalue weighted by Gasteiger charge is 2.39. The lowest BCUT2D eigenvalue weighted by molar-refractivity contribution is -0.116. The minimum absolute atomic E-state index is 0.146. The molecule has 166 valence electrons. The number of ketones is 1. The third-order valence-electron chi connectivity index (χ3n) is 5.34. The molecule has 2 aromatic rings. The fourth-order valence-corrected chi connectivity index (χ4v) is 5.07. The number of Topliss-reactive ketones (excluding diaryl/α,β-unsaturated/α-hetero) is 1. The van der Waals surface area contributed by atoms with Gasteiger partial charge in [0.2, 0.25) is 15.6 Å². The normalized spacial score (nSPS) is 16.7. The Morgan fingerprint density at radius 2 is 1.71 bits per heavy atom. The van der Waals surface area contributed by atoms with Crippen LogP contribution in [0.15, 0.2) is 70.6 Å². The fourth-order valence-electron chi connectivity index (χ4n) is 3.45. The molecule has 1 saturated heterocycles. The van der Waals surface area contributed by atoms with Crippen LogP contribution in [0.1, 0.15) is 39.5 Å². The number of fused-ring (bicyclic) bond motifs is 1. The largest absolute Gasteiger partial charge is 0.377 e. The first-order valence-corrected chi connectivity index (χ1v) is 12.5. The summed E-state index contributed by atoms with van der Waals surface area (Å²) in [4.78, 5) is 15.0. The maximum absolute atomic E-state index is 13.5. The number of carbonyl (C=O) groups is 1. The first kappa shape index (κ1) is 23.2. The number of benzene rings is 2. The molecule has 1 fully saturated rings. The Bertz CT molecular complexity index is 1050. The predicted octanol–water partition coefficient (Wildman–Crippen LogP) is 4.88. The molecule has 31 heavy (non-hydrogen) atoms. The van der Waals surface area contributed by atoms with E-state index in [1.807, 2.05) is 24.4 Å². The van der Waals surface area contributed by atoms with Crippen LogP contribution in [0.4, 0.5) is 0 Å². The molecule has 0 saturated carbocycles. The van der Waals surface area contributed by atoms with Gasteiger partial charge in [0.25, 0.3) is 0 Å². The highest BCUT2D eigenvalue weighted by atomic mass is 32.2. The van der Waals surface area contributed by atoms with E-state index in [1.165, 1.54) is 6.08 Å². The van der Waals surface area contributed by atoms with Crippen molar-refractivity contribution in [3.63, 3.8) is 0 Å². The highest BCUT2D eigenvalue weighted by Crippen LogP contribution is 2.30. The SMILES string of the molecule is CCCCN(/C=C/C=C(/C(=O)C1CO1)S(=O)(=O)c1cccc2ccccc12)CCCC. The van der Waals surface area contributed by atoms with Gasteiger partial charge in [-0.05, 0) is 42.6 Å². The van der Waals surface area contributed by atoms with E-state index in [0.29, 0.717) is 5.39 Å². The van der Waals surface area contributed by atoms with Crippen LogP contribution in [0.3, 0.4) is 0 Å². The zero-order valence-corrected chi connectivity index (χ0v) is 19.1. The second-order valence-electron chi connectivity index (χ2n) is 7.78. The molecule has 0 bridgehead atoms. The van der Waals surface area contributed by atoms with Crippen LogP contribution in [0.2, 0.25) is 0 Å². The van der Waals surface area contributed by atoms with E-state index in [9.17, 15) is 13.2 Å². The molecule has 1 heterocycles. The molecule has 0 amide bonds. The smallest absolute Gasteiger partial charge is 0.210 e. The van der Waals surface area contributed by atoms with E-state index in [0.717, 1.165) is 44.2 Å². The second kappa shape index (κ2) is 10.7. The Morgan fingerprint density at radius 1 is 1.06 bits per heavy atom. The summed E-state index contributed by atoms with van der Waals surface area (Å²) in [6, 6.07) is 12.4. The highest BCUT2D eigenvalue weighted by molar-refractivity contribution is 7.96. The predicted molar refractivity (Wildman–Crippen MR) is 124 cm³/mol. The summed E-state index contributed by atoms with van der Waals surface area (Å²) in [6.07, 6.45) is 8.65. The van der Waals surface area contributed by atoms with Gasteiger partial charge in [-0.3, -0.25) is 4.79 Å². The third kappa shape index (κ3) is 5.83. The van der Waals surface area contributed by atoms with Gasteiger partial charge < -0.3 is 9.64 Å². The van der Waals surface area contributed by atoms with E-state index in [-0.39, 0.29) is 16.4 Å². The first-order valence-electron chi connectivity index (χ1n) is 11.0. The van der Waals surface area contributed by atoms with Crippen LogP contribution in [0.25, 0.3) is 10.8 Å². The molecule has 1 atom stereocenters. The Hall–Kier alpha value is -2.44. The number of hydrogen-bond donors (Lipinski definition) is 0. The molecule has 1 aliphatic rings. The number of ether oxygens (including phenoxy) is 1. The van der Waals surface area contributed by atoms with Gasteiger partial charge in [0.1, 0.15) is 11.0 Å². The van der Waals surface area contributed by atoms with Crippen LogP contribution in [-0.2, 0) is 19.4 Å². The lowest BCUT2D eigenvalue weighted by Gasteiger charge is -2.19. The summed E-state index contributed by atoms with van der Waals surface area (Å²) in [7, 11) is -4.00. The van der Waals surface area contributed by atoms with E-state index in [4.69, 9.17) is 4.74 Å². The van der Waals surface area contributed by atoms with Crippen molar-refractivity contribution in [3.05, 3.63) is 65.7 Å². The van der Waals surface area contributed by atoms with E-state index < -0.39 is 21.7 Å². The van der Waals surface area contributed by atoms with Crippen molar-refractivity contribution in [2.24, 2.45) is 0 Å². The Morgan fingerprint density at radius 3 is 2.35 bits per heavy atom. The molecule has 1 aliphatic heterocycles. The topological polar surface area (TPSA) is 67.0 Å². The molecule has 1 unspecified atom stereocenters. The average molecular weight is 442 g/mol. The average Bonchev–Trinajstić information content (AvgIpc) is 3.62. The van der Waals surface area contributed by atoms with Crippen LogP contribution >= 0.6 is 0 Å². The number of epoxide rings is 1. The van der Waals surface area contributed by atoms with E-state index >= 15 is 0 Å². The summed E-state index contributed by atoms with van der Waals surface area (Å²) in [5, 5.41) is 1.43. The molecule has 0 N–H and O–H groups in total. The fraction of sp³-hybridized carbons (Fsp3) is 0.400. The zero-order chi connectivity index (χ0) is 22.3. The molecule has 0 aliphatic carbocycles. The van der Waals surface area contributed by atoms with Gasteiger partial charge in [0.15, 0.2) is 0 Å². The molecule has 0 aromatic heterocycles. The van der Waals surface area contributed by atoms with Crippen LogP contribution < -0.4 is 0 Å². The maximum Gasteiger partial charge on any atom is 0.210 e. The Kier molecular flexibility index (Phi) is 8.04. The molecule has 0 radical (unpaired) electrons. The summed E-state index contributed by atoms with van der Waals surface area (Å²) < 4.78 is 32.2. The minimum Gasteiger partial charge on any atom is -0.377 e. The van der Waals surface area contributed by atoms with Crippen molar-refractivity contribution in [2.75, 3.05) is 19.7 Å². The number of rotatable bonds is 12. The van der Waals surface area contributed by atoms with E-state index in [2.05, 4.69) is 18.7 Å². The van der Waals surface area contributed by atoms with Gasteiger partial charge in [-0.2, -0.15) is 0 Å². The second-order valence-corrected chi connectivity index (χ2v) is 9.67. The van der Waals surface area contributed by atoms with E-state index in [1.54, 1.807) is 30.3 Å². The molecule has 6 heteroatoms. The minimum atomic E-state index is -4.00. The number of sulfone groups is 1. The standard InChI is InChI=1S/C25H31NO4S/c1-3-5-16-26(17-6-4-2)18-10-15-24(25(27)22-19-30-22)31(28,29)23-14-9-12-20-11-7-8-13-21(20)23/h7-15,18,22H,3-6,16-17,19H2,1-2H3/b18-10+,24-15-. The first-order chi connectivity index (χ1) is 15.0. The maximum atomic E-state index is 13.5. The summed E-state index contributed by atoms with van der Waals surface area (Å²) in [5.74, 6) is -0.480. The molecular weight excluding hydrogens is 410 g/mol. The van der Waals surface area contributed by atoms with Gasteiger partial charge in [-0.1, -0.05) is 63.1 Å². The lowest BCUT2D eigenvalue weighted by Crippen LogP contribution is -2.20. The molecular formula is C25H31NO4S. The third-order valence-corrected chi connectivity index (χ3v) is 7.19. The van der Waals surface area contributed by atoms with Crippen LogP contribution in [-0.4, -0.2) is 44.9 Å². The van der Waals surface area contributed by atoms with Crippen molar-refractivity contribution in [3.8, 4) is 0 Å². The number of unbranched alkanes of at least 4 members (excludes halogenated alkanes) is 2. The van der Waals surface area contributed by atoms with Crippen LogP contribution in [0.5, 0.6) is 0 Å². The van der Waals surface area contributed by atoms with Crippen molar-refractivity contribution in [1.29, 1.82) is 0 Å². The number of allylic oxidation sites excluding steroid dienone is 2. The van der Waals surface area contributed by atoms with Crippen molar-refractivity contribution >= 4 is 26.4 Å². The Labute approximate surface area is 185 Å². The van der Waals surface area contributed by atoms with Crippen molar-refractivity contribution in [1.82, 2.24) is 4.90 Å². The van der Waals surface area contributed by atoms with Gasteiger partial charge in [0, 0.05) is 18.5 Å². The van der Waals surface area contributed by atoms with Gasteiger partial charge >= 0.3 is 0 Å². The summed E-state index contributed by atoms with van der Waals surface area (Å²) in [6.45, 7) is 6.37. The summed E-state index contributed by atoms with van der Waals surface area (Å²) >= 11 is 0. The molecule has 5 nitrogen and oxygen atoms in total. The monoisotopic (exact) mass is 441 g/mol. The van der Waals surface area contributed by atoms with Crippen molar-refractivity contribution < 1.29 is 17.9 Å². The van der Waals surface area contributed by atoms with Gasteiger partial charge in [-0.15, -0.1) is 0 Å². The number of nitrogens with zero attached hydrogens (tertiary/aromatic N) is 1. The zero-order valence-electron chi connectivity index (χ0n) is 18.3. The van der Waals surface area contributed by atoms with Gasteiger partial charge in [-0.25, -0.2) is 8.42 Å². The molecule has 3 rings (SSSR count). The summed E-state index contributed by atoms with van der Waals surface area (Å²) in [5.41, 5.74) is 0. The number of hydrogen-bond acceptors (Lipinski definition) is 5. The number of carbonyl (C=O) groups excluding carboxylic acids is 1. The molecule has 0 spiro atoms.